The van der Waals surface area contributed by atoms with Gasteiger partial charge in [0.25, 0.3) is 11.8 Å². The minimum Gasteiger partial charge on any atom is -0.322 e. The fraction of sp³-hybridized carbons (Fsp3) is 0.435. The third-order valence-electron chi connectivity index (χ3n) is 6.09. The van der Waals surface area contributed by atoms with Crippen molar-refractivity contribution in [3.8, 4) is 0 Å². The van der Waals surface area contributed by atoms with Gasteiger partial charge in [0.2, 0.25) is 0 Å². The largest absolute Gasteiger partial charge is 0.344 e. The second kappa shape index (κ2) is 10.2. The predicted molar refractivity (Wildman–Crippen MR) is 128 cm³/mol. The topological polar surface area (TPSA) is 85.0 Å². The van der Waals surface area contributed by atoms with Gasteiger partial charge in [-0.2, -0.15) is 5.01 Å². The molecule has 0 radical (unpaired) electrons. The average molecular weight is 490 g/mol. The Balaban J connectivity index is 1.23. The number of hydrogen-bond acceptors (Lipinski definition) is 6. The number of imide groups is 1. The van der Waals surface area contributed by atoms with Gasteiger partial charge in [0.05, 0.1) is 10.9 Å². The van der Waals surface area contributed by atoms with Crippen LogP contribution < -0.4 is 10.7 Å². The third-order valence-corrected chi connectivity index (χ3v) is 7.31. The molecule has 8 nitrogen and oxygen atoms in total. The molecule has 33 heavy (non-hydrogen) atoms. The number of rotatable bonds is 8. The van der Waals surface area contributed by atoms with Gasteiger partial charge >= 0.3 is 6.03 Å². The van der Waals surface area contributed by atoms with Gasteiger partial charge in [0.1, 0.15) is 5.54 Å². The van der Waals surface area contributed by atoms with Crippen LogP contribution in [0.4, 0.5) is 4.79 Å². The van der Waals surface area contributed by atoms with Crippen molar-refractivity contribution in [1.29, 1.82) is 0 Å². The number of nitrogens with zero attached hydrogens (tertiary/aromatic N) is 3. The zero-order valence-corrected chi connectivity index (χ0v) is 20.1. The van der Waals surface area contributed by atoms with Crippen LogP contribution in [0.2, 0.25) is 4.34 Å². The smallest absolute Gasteiger partial charge is 0.322 e. The summed E-state index contributed by atoms with van der Waals surface area (Å²) < 4.78 is 0.789. The Bertz CT molecular complexity index is 1010. The Hall–Kier alpha value is -2.46. The highest BCUT2D eigenvalue weighted by molar-refractivity contribution is 7.16. The zero-order chi connectivity index (χ0) is 23.4. The first-order valence-electron chi connectivity index (χ1n) is 11.0. The summed E-state index contributed by atoms with van der Waals surface area (Å²) in [5, 5.41) is 3.56. The van der Waals surface area contributed by atoms with Crippen LogP contribution in [0.1, 0.15) is 23.8 Å². The molecule has 1 unspecified atom stereocenters. The number of hydrogen-bond donors (Lipinski definition) is 2. The van der Waals surface area contributed by atoms with Crippen LogP contribution in [0.15, 0.2) is 42.5 Å². The van der Waals surface area contributed by atoms with Crippen LogP contribution in [0.3, 0.4) is 0 Å². The van der Waals surface area contributed by atoms with Crippen molar-refractivity contribution in [3.05, 3.63) is 57.2 Å². The van der Waals surface area contributed by atoms with Crippen LogP contribution in [0, 0.1) is 0 Å². The van der Waals surface area contributed by atoms with Crippen LogP contribution in [0.5, 0.6) is 0 Å². The molecule has 0 bridgehead atoms. The SMILES string of the molecule is CC1(CCc2ccccc2)NC(=O)N(NC(=O)CN2CCN(Cc3ccc(Cl)s3)CC2)C1=O. The van der Waals surface area contributed by atoms with E-state index < -0.39 is 17.5 Å². The number of benzene rings is 1. The second-order valence-corrected chi connectivity index (χ2v) is 10.5. The highest BCUT2D eigenvalue weighted by Crippen LogP contribution is 2.24. The van der Waals surface area contributed by atoms with E-state index in [-0.39, 0.29) is 12.5 Å². The molecule has 2 aliphatic rings. The maximum absolute atomic E-state index is 12.9. The summed E-state index contributed by atoms with van der Waals surface area (Å²) in [5.74, 6) is -0.805. The lowest BCUT2D eigenvalue weighted by Gasteiger charge is -2.34. The highest BCUT2D eigenvalue weighted by atomic mass is 35.5. The Morgan fingerprint density at radius 3 is 2.45 bits per heavy atom. The van der Waals surface area contributed by atoms with E-state index in [1.807, 2.05) is 47.4 Å². The quantitative estimate of drug-likeness (QED) is 0.556. The third kappa shape index (κ3) is 5.92. The van der Waals surface area contributed by atoms with Gasteiger partial charge < -0.3 is 5.32 Å². The van der Waals surface area contributed by atoms with Crippen molar-refractivity contribution < 1.29 is 14.4 Å². The van der Waals surface area contributed by atoms with Gasteiger partial charge in [-0.25, -0.2) is 4.79 Å². The Kier molecular flexibility index (Phi) is 7.33. The Morgan fingerprint density at radius 1 is 1.09 bits per heavy atom. The first-order valence-corrected chi connectivity index (χ1v) is 12.2. The molecule has 1 atom stereocenters. The molecule has 10 heteroatoms. The summed E-state index contributed by atoms with van der Waals surface area (Å²) in [6.45, 7) is 5.83. The van der Waals surface area contributed by atoms with E-state index in [0.29, 0.717) is 12.8 Å². The molecular formula is C23H28ClN5O3S. The predicted octanol–water partition coefficient (Wildman–Crippen LogP) is 2.49. The maximum atomic E-state index is 12.9. The molecular weight excluding hydrogens is 462 g/mol. The number of nitrogens with one attached hydrogen (secondary N) is 2. The van der Waals surface area contributed by atoms with Crippen LogP contribution in [0.25, 0.3) is 0 Å². The number of carbonyl (C=O) groups is 3. The molecule has 2 saturated heterocycles. The van der Waals surface area contributed by atoms with Crippen molar-refractivity contribution in [3.63, 3.8) is 0 Å². The maximum Gasteiger partial charge on any atom is 0.344 e. The van der Waals surface area contributed by atoms with Gasteiger partial charge in [-0.15, -0.1) is 11.3 Å². The summed E-state index contributed by atoms with van der Waals surface area (Å²) in [4.78, 5) is 43.5. The molecule has 0 spiro atoms. The van der Waals surface area contributed by atoms with Crippen LogP contribution in [-0.2, 0) is 22.6 Å². The van der Waals surface area contributed by atoms with Crippen molar-refractivity contribution in [1.82, 2.24) is 25.6 Å². The van der Waals surface area contributed by atoms with Gasteiger partial charge in [0, 0.05) is 37.6 Å². The Morgan fingerprint density at radius 2 is 1.79 bits per heavy atom. The fourth-order valence-electron chi connectivity index (χ4n) is 4.12. The van der Waals surface area contributed by atoms with Crippen LogP contribution in [-0.4, -0.2) is 70.9 Å². The fourth-order valence-corrected chi connectivity index (χ4v) is 5.25. The first kappa shape index (κ1) is 23.7. The van der Waals surface area contributed by atoms with Crippen molar-refractivity contribution in [2.75, 3.05) is 32.7 Å². The molecule has 176 valence electrons. The Labute approximate surface area is 202 Å². The van der Waals surface area contributed by atoms with E-state index >= 15 is 0 Å². The second-order valence-electron chi connectivity index (χ2n) is 8.68. The lowest BCUT2D eigenvalue weighted by Crippen LogP contribution is -2.53. The normalized spacial score (nSPS) is 21.9. The number of thiophene rings is 1. The lowest BCUT2D eigenvalue weighted by molar-refractivity contribution is -0.139. The molecule has 2 aromatic rings. The minimum absolute atomic E-state index is 0.135. The standard InChI is InChI=1S/C23H28ClN5O3S/c1-23(10-9-17-5-3-2-4-6-17)21(31)29(22(32)25-23)26-20(30)16-28-13-11-27(12-14-28)15-18-7-8-19(24)33-18/h2-8H,9-16H2,1H3,(H,25,32)(H,26,30). The van der Waals surface area contributed by atoms with E-state index in [1.54, 1.807) is 18.3 Å². The monoisotopic (exact) mass is 489 g/mol. The molecule has 0 aliphatic carbocycles. The molecule has 4 amide bonds. The summed E-state index contributed by atoms with van der Waals surface area (Å²) in [6, 6.07) is 13.1. The molecule has 1 aromatic heterocycles. The molecule has 4 rings (SSSR count). The van der Waals surface area contributed by atoms with E-state index in [4.69, 9.17) is 11.6 Å². The van der Waals surface area contributed by atoms with Gasteiger partial charge in [-0.05, 0) is 37.5 Å². The van der Waals surface area contributed by atoms with Crippen molar-refractivity contribution >= 4 is 40.8 Å². The highest BCUT2D eigenvalue weighted by Gasteiger charge is 2.48. The number of urea groups is 1. The molecule has 1 aromatic carbocycles. The summed E-state index contributed by atoms with van der Waals surface area (Å²) in [5.41, 5.74) is 2.54. The minimum atomic E-state index is -1.05. The summed E-state index contributed by atoms with van der Waals surface area (Å²) >= 11 is 7.59. The summed E-state index contributed by atoms with van der Waals surface area (Å²) in [7, 11) is 0. The molecule has 2 N–H and O–H groups in total. The van der Waals surface area contributed by atoms with E-state index in [9.17, 15) is 14.4 Å². The van der Waals surface area contributed by atoms with Gasteiger partial charge in [-0.3, -0.25) is 24.8 Å². The summed E-state index contributed by atoms with van der Waals surface area (Å²) in [6.07, 6.45) is 1.10. The zero-order valence-electron chi connectivity index (χ0n) is 18.6. The van der Waals surface area contributed by atoms with E-state index in [0.717, 1.165) is 47.6 Å². The number of amides is 4. The van der Waals surface area contributed by atoms with Gasteiger partial charge in [0.15, 0.2) is 0 Å². The van der Waals surface area contributed by atoms with Crippen molar-refractivity contribution in [2.24, 2.45) is 0 Å². The number of hydrazine groups is 1. The number of piperazine rings is 1. The van der Waals surface area contributed by atoms with Crippen LogP contribution >= 0.6 is 22.9 Å². The van der Waals surface area contributed by atoms with Gasteiger partial charge in [-0.1, -0.05) is 41.9 Å². The number of aryl methyl sites for hydroxylation is 1. The lowest BCUT2D eigenvalue weighted by atomic mass is 9.93. The van der Waals surface area contributed by atoms with E-state index in [1.165, 1.54) is 4.88 Å². The molecule has 3 heterocycles. The molecule has 2 aliphatic heterocycles. The molecule has 2 fully saturated rings. The first-order chi connectivity index (χ1) is 15.8. The number of halogens is 1. The van der Waals surface area contributed by atoms with E-state index in [2.05, 4.69) is 15.6 Å². The average Bonchev–Trinajstić information content (AvgIpc) is 3.30. The molecule has 0 saturated carbocycles. The van der Waals surface area contributed by atoms with Crippen molar-refractivity contribution in [2.45, 2.75) is 31.8 Å². The number of carbonyl (C=O) groups excluding carboxylic acids is 3.